The number of aliphatic hydroxyl groups excluding tert-OH is 1. The predicted molar refractivity (Wildman–Crippen MR) is 79.7 cm³/mol. The zero-order chi connectivity index (χ0) is 15.0. The van der Waals surface area contributed by atoms with Crippen LogP contribution in [-0.2, 0) is 11.2 Å². The minimum atomic E-state index is -0.864. The van der Waals surface area contributed by atoms with Gasteiger partial charge in [0.1, 0.15) is 6.04 Å². The van der Waals surface area contributed by atoms with Crippen LogP contribution in [0.15, 0.2) is 24.3 Å². The van der Waals surface area contributed by atoms with Crippen LogP contribution < -0.4 is 5.32 Å². The molecule has 1 aromatic rings. The summed E-state index contributed by atoms with van der Waals surface area (Å²) in [6.45, 7) is 4.33. The van der Waals surface area contributed by atoms with E-state index in [2.05, 4.69) is 12.2 Å². The van der Waals surface area contributed by atoms with Gasteiger partial charge >= 0.3 is 5.97 Å². The molecule has 0 spiro atoms. The van der Waals surface area contributed by atoms with E-state index in [0.717, 1.165) is 24.8 Å². The maximum Gasteiger partial charge on any atom is 0.320 e. The van der Waals surface area contributed by atoms with Crippen molar-refractivity contribution in [2.45, 2.75) is 51.7 Å². The lowest BCUT2D eigenvalue weighted by Crippen LogP contribution is -2.38. The fraction of sp³-hybridized carbons (Fsp3) is 0.562. The van der Waals surface area contributed by atoms with Crippen molar-refractivity contribution < 1.29 is 15.0 Å². The average Bonchev–Trinajstić information content (AvgIpc) is 2.44. The minimum Gasteiger partial charge on any atom is -0.480 e. The molecule has 0 saturated heterocycles. The van der Waals surface area contributed by atoms with E-state index >= 15 is 0 Å². The lowest BCUT2D eigenvalue weighted by molar-refractivity contribution is -0.139. The maximum atomic E-state index is 11.0. The third-order valence-electron chi connectivity index (χ3n) is 3.34. The Bertz CT molecular complexity index is 403. The van der Waals surface area contributed by atoms with Crippen LogP contribution in [0.25, 0.3) is 0 Å². The molecule has 2 atom stereocenters. The van der Waals surface area contributed by atoms with Crippen LogP contribution in [-0.4, -0.2) is 28.8 Å². The summed E-state index contributed by atoms with van der Waals surface area (Å²) >= 11 is 0. The van der Waals surface area contributed by atoms with E-state index < -0.39 is 18.1 Å². The van der Waals surface area contributed by atoms with Crippen molar-refractivity contribution in [2.24, 2.45) is 0 Å². The summed E-state index contributed by atoms with van der Waals surface area (Å²) in [6.07, 6.45) is 2.82. The molecule has 4 nitrogen and oxygen atoms in total. The molecule has 0 aliphatic rings. The van der Waals surface area contributed by atoms with Gasteiger partial charge in [-0.15, -0.1) is 0 Å². The summed E-state index contributed by atoms with van der Waals surface area (Å²) in [5, 5.41) is 22.0. The number of aliphatic carboxylic acids is 1. The fourth-order valence-corrected chi connectivity index (χ4v) is 2.17. The molecule has 0 aliphatic heterocycles. The number of carboxylic acids is 1. The van der Waals surface area contributed by atoms with Gasteiger partial charge in [-0.25, -0.2) is 0 Å². The van der Waals surface area contributed by atoms with Crippen LogP contribution in [0.1, 0.15) is 50.3 Å². The standard InChI is InChI=1S/C16H25NO3/c1-3-5-12-7-9-13(10-8-12)15(18)11-17-14(6-4-2)16(19)20/h7-10,14-15,17-18H,3-6,11H2,1-2H3,(H,19,20). The Hall–Kier alpha value is -1.39. The number of aryl methyl sites for hydroxylation is 1. The third kappa shape index (κ3) is 5.31. The molecule has 0 aromatic heterocycles. The highest BCUT2D eigenvalue weighted by Crippen LogP contribution is 2.14. The molecule has 0 radical (unpaired) electrons. The molecule has 0 aliphatic carbocycles. The van der Waals surface area contributed by atoms with Crippen LogP contribution in [0.3, 0.4) is 0 Å². The van der Waals surface area contributed by atoms with E-state index in [1.807, 2.05) is 31.2 Å². The first-order chi connectivity index (χ1) is 9.58. The molecule has 112 valence electrons. The number of carbonyl (C=O) groups is 1. The highest BCUT2D eigenvalue weighted by molar-refractivity contribution is 5.73. The van der Waals surface area contributed by atoms with Crippen molar-refractivity contribution in [1.29, 1.82) is 0 Å². The molecule has 20 heavy (non-hydrogen) atoms. The number of nitrogens with one attached hydrogen (secondary N) is 1. The van der Waals surface area contributed by atoms with Crippen LogP contribution in [0.4, 0.5) is 0 Å². The Morgan fingerprint density at radius 1 is 1.20 bits per heavy atom. The van der Waals surface area contributed by atoms with Crippen molar-refractivity contribution in [3.63, 3.8) is 0 Å². The lowest BCUT2D eigenvalue weighted by atomic mass is 10.0. The van der Waals surface area contributed by atoms with Crippen molar-refractivity contribution in [3.05, 3.63) is 35.4 Å². The van der Waals surface area contributed by atoms with Gasteiger partial charge in [-0.05, 0) is 24.0 Å². The summed E-state index contributed by atoms with van der Waals surface area (Å²) in [5.41, 5.74) is 2.07. The molecular formula is C16H25NO3. The molecule has 4 heteroatoms. The van der Waals surface area contributed by atoms with Crippen molar-refractivity contribution in [3.8, 4) is 0 Å². The van der Waals surface area contributed by atoms with Gasteiger partial charge in [-0.3, -0.25) is 4.79 Å². The zero-order valence-electron chi connectivity index (χ0n) is 12.3. The molecule has 0 amide bonds. The number of hydrogen-bond donors (Lipinski definition) is 3. The summed E-state index contributed by atoms with van der Waals surface area (Å²) in [7, 11) is 0. The van der Waals surface area contributed by atoms with Crippen LogP contribution >= 0.6 is 0 Å². The normalized spacial score (nSPS) is 13.9. The molecule has 2 unspecified atom stereocenters. The van der Waals surface area contributed by atoms with E-state index in [0.29, 0.717) is 6.42 Å². The van der Waals surface area contributed by atoms with Crippen molar-refractivity contribution in [1.82, 2.24) is 5.32 Å². The largest absolute Gasteiger partial charge is 0.480 e. The second-order valence-electron chi connectivity index (χ2n) is 5.10. The van der Waals surface area contributed by atoms with E-state index in [1.54, 1.807) is 0 Å². The Morgan fingerprint density at radius 2 is 1.85 bits per heavy atom. The summed E-state index contributed by atoms with van der Waals surface area (Å²) in [5.74, 6) is -0.864. The van der Waals surface area contributed by atoms with Gasteiger partial charge in [-0.2, -0.15) is 0 Å². The average molecular weight is 279 g/mol. The first-order valence-electron chi connectivity index (χ1n) is 7.31. The molecule has 0 heterocycles. The molecule has 0 fully saturated rings. The van der Waals surface area contributed by atoms with Crippen molar-refractivity contribution >= 4 is 5.97 Å². The predicted octanol–water partition coefficient (Wildman–Crippen LogP) is 2.52. The molecule has 3 N–H and O–H groups in total. The van der Waals surface area contributed by atoms with Gasteiger partial charge < -0.3 is 15.5 Å². The van der Waals surface area contributed by atoms with E-state index in [9.17, 15) is 9.90 Å². The first kappa shape index (κ1) is 16.7. The first-order valence-corrected chi connectivity index (χ1v) is 7.31. The second kappa shape index (κ2) is 8.72. The summed E-state index contributed by atoms with van der Waals surface area (Å²) in [6, 6.07) is 7.26. The van der Waals surface area contributed by atoms with Crippen LogP contribution in [0.5, 0.6) is 0 Å². The van der Waals surface area contributed by atoms with E-state index in [4.69, 9.17) is 5.11 Å². The Balaban J connectivity index is 2.52. The van der Waals surface area contributed by atoms with Gasteiger partial charge in [0, 0.05) is 6.54 Å². The Labute approximate surface area is 120 Å². The fourth-order valence-electron chi connectivity index (χ4n) is 2.17. The Morgan fingerprint density at radius 3 is 2.35 bits per heavy atom. The second-order valence-corrected chi connectivity index (χ2v) is 5.10. The quantitative estimate of drug-likeness (QED) is 0.649. The van der Waals surface area contributed by atoms with Gasteiger partial charge in [0.05, 0.1) is 6.10 Å². The minimum absolute atomic E-state index is 0.254. The topological polar surface area (TPSA) is 69.6 Å². The summed E-state index contributed by atoms with van der Waals surface area (Å²) < 4.78 is 0. The Kier molecular flexibility index (Phi) is 7.26. The summed E-state index contributed by atoms with van der Waals surface area (Å²) in [4.78, 5) is 11.0. The van der Waals surface area contributed by atoms with E-state index in [1.165, 1.54) is 5.56 Å². The van der Waals surface area contributed by atoms with Crippen molar-refractivity contribution in [2.75, 3.05) is 6.54 Å². The monoisotopic (exact) mass is 279 g/mol. The van der Waals surface area contributed by atoms with Gasteiger partial charge in [0.25, 0.3) is 0 Å². The number of benzene rings is 1. The highest BCUT2D eigenvalue weighted by Gasteiger charge is 2.17. The zero-order valence-corrected chi connectivity index (χ0v) is 12.3. The van der Waals surface area contributed by atoms with Crippen LogP contribution in [0.2, 0.25) is 0 Å². The lowest BCUT2D eigenvalue weighted by Gasteiger charge is -2.17. The number of rotatable bonds is 9. The highest BCUT2D eigenvalue weighted by atomic mass is 16.4. The third-order valence-corrected chi connectivity index (χ3v) is 3.34. The van der Waals surface area contributed by atoms with E-state index in [-0.39, 0.29) is 6.54 Å². The maximum absolute atomic E-state index is 11.0. The molecule has 1 rings (SSSR count). The van der Waals surface area contributed by atoms with Gasteiger partial charge in [-0.1, -0.05) is 51.0 Å². The molecular weight excluding hydrogens is 254 g/mol. The number of aliphatic hydroxyl groups is 1. The molecule has 1 aromatic carbocycles. The van der Waals surface area contributed by atoms with Gasteiger partial charge in [0.2, 0.25) is 0 Å². The smallest absolute Gasteiger partial charge is 0.320 e. The van der Waals surface area contributed by atoms with Gasteiger partial charge in [0.15, 0.2) is 0 Å². The molecule has 0 saturated carbocycles. The number of hydrogen-bond acceptors (Lipinski definition) is 3. The van der Waals surface area contributed by atoms with Crippen LogP contribution in [0, 0.1) is 0 Å². The SMILES string of the molecule is CCCc1ccc(C(O)CNC(CCC)C(=O)O)cc1. The molecule has 0 bridgehead atoms. The number of carboxylic acid groups (broad SMARTS) is 1.